The van der Waals surface area contributed by atoms with E-state index < -0.39 is 11.9 Å². The van der Waals surface area contributed by atoms with Crippen LogP contribution in [-0.4, -0.2) is 4.98 Å². The lowest BCUT2D eigenvalue weighted by Crippen LogP contribution is -2.15. The Bertz CT molecular complexity index is 548. The van der Waals surface area contributed by atoms with Crippen LogP contribution in [0.2, 0.25) is 5.02 Å². The SMILES string of the molecule is NC(Cc1ccncc1)c1ccc(Br)c(Cl)c1F. The zero-order chi connectivity index (χ0) is 13.1. The highest BCUT2D eigenvalue weighted by atomic mass is 79.9. The number of nitrogens with two attached hydrogens (primary N) is 1. The van der Waals surface area contributed by atoms with Crippen LogP contribution in [0.4, 0.5) is 4.39 Å². The van der Waals surface area contributed by atoms with Crippen molar-refractivity contribution in [2.75, 3.05) is 0 Å². The van der Waals surface area contributed by atoms with Gasteiger partial charge in [0.25, 0.3) is 0 Å². The van der Waals surface area contributed by atoms with Crippen LogP contribution in [0, 0.1) is 5.82 Å². The Labute approximate surface area is 118 Å². The van der Waals surface area contributed by atoms with E-state index in [9.17, 15) is 4.39 Å². The molecule has 5 heteroatoms. The van der Waals surface area contributed by atoms with Crippen LogP contribution >= 0.6 is 27.5 Å². The zero-order valence-corrected chi connectivity index (χ0v) is 11.7. The Morgan fingerprint density at radius 3 is 2.61 bits per heavy atom. The Morgan fingerprint density at radius 2 is 1.94 bits per heavy atom. The smallest absolute Gasteiger partial charge is 0.147 e. The van der Waals surface area contributed by atoms with Gasteiger partial charge in [0.1, 0.15) is 5.82 Å². The van der Waals surface area contributed by atoms with Gasteiger partial charge < -0.3 is 5.73 Å². The van der Waals surface area contributed by atoms with E-state index in [0.717, 1.165) is 5.56 Å². The van der Waals surface area contributed by atoms with Crippen molar-refractivity contribution in [2.45, 2.75) is 12.5 Å². The molecule has 2 nitrogen and oxygen atoms in total. The second-order valence-corrected chi connectivity index (χ2v) is 5.16. The van der Waals surface area contributed by atoms with E-state index >= 15 is 0 Å². The summed E-state index contributed by atoms with van der Waals surface area (Å²) >= 11 is 9.02. The van der Waals surface area contributed by atoms with Gasteiger partial charge in [-0.3, -0.25) is 4.98 Å². The van der Waals surface area contributed by atoms with E-state index in [1.807, 2.05) is 12.1 Å². The molecule has 0 saturated carbocycles. The normalized spacial score (nSPS) is 12.4. The van der Waals surface area contributed by atoms with Crippen molar-refractivity contribution in [3.8, 4) is 0 Å². The van der Waals surface area contributed by atoms with Crippen LogP contribution in [0.5, 0.6) is 0 Å². The highest BCUT2D eigenvalue weighted by molar-refractivity contribution is 9.10. The lowest BCUT2D eigenvalue weighted by molar-refractivity contribution is 0.580. The van der Waals surface area contributed by atoms with E-state index in [4.69, 9.17) is 17.3 Å². The van der Waals surface area contributed by atoms with Crippen LogP contribution in [0.1, 0.15) is 17.2 Å². The van der Waals surface area contributed by atoms with Crippen molar-refractivity contribution < 1.29 is 4.39 Å². The number of halogens is 3. The predicted molar refractivity (Wildman–Crippen MR) is 74.0 cm³/mol. The van der Waals surface area contributed by atoms with E-state index in [1.54, 1.807) is 24.5 Å². The number of pyridine rings is 1. The maximum Gasteiger partial charge on any atom is 0.147 e. The molecule has 0 aliphatic rings. The topological polar surface area (TPSA) is 38.9 Å². The summed E-state index contributed by atoms with van der Waals surface area (Å²) in [5.41, 5.74) is 7.44. The molecule has 0 spiro atoms. The van der Waals surface area contributed by atoms with Gasteiger partial charge in [-0.25, -0.2) is 4.39 Å². The Morgan fingerprint density at radius 1 is 1.28 bits per heavy atom. The zero-order valence-electron chi connectivity index (χ0n) is 9.41. The Balaban J connectivity index is 2.24. The number of hydrogen-bond acceptors (Lipinski definition) is 2. The minimum Gasteiger partial charge on any atom is -0.324 e. The number of nitrogens with zero attached hydrogens (tertiary/aromatic N) is 1. The quantitative estimate of drug-likeness (QED) is 0.868. The van der Waals surface area contributed by atoms with Gasteiger partial charge in [-0.05, 0) is 46.1 Å². The third-order valence-electron chi connectivity index (χ3n) is 2.67. The summed E-state index contributed by atoms with van der Waals surface area (Å²) in [5, 5.41) is 0.0673. The molecule has 2 aromatic rings. The first-order valence-electron chi connectivity index (χ1n) is 5.37. The average Bonchev–Trinajstić information content (AvgIpc) is 2.37. The van der Waals surface area contributed by atoms with Gasteiger partial charge in [-0.15, -0.1) is 0 Å². The van der Waals surface area contributed by atoms with Gasteiger partial charge >= 0.3 is 0 Å². The van der Waals surface area contributed by atoms with Gasteiger partial charge in [-0.2, -0.15) is 0 Å². The Hall–Kier alpha value is -0.970. The van der Waals surface area contributed by atoms with Crippen molar-refractivity contribution in [2.24, 2.45) is 5.73 Å². The fourth-order valence-electron chi connectivity index (χ4n) is 1.71. The van der Waals surface area contributed by atoms with Crippen LogP contribution in [0.15, 0.2) is 41.1 Å². The summed E-state index contributed by atoms with van der Waals surface area (Å²) in [6, 6.07) is 6.64. The highest BCUT2D eigenvalue weighted by Gasteiger charge is 2.16. The van der Waals surface area contributed by atoms with Crippen LogP contribution in [0.3, 0.4) is 0 Å². The molecular formula is C13H11BrClFN2. The summed E-state index contributed by atoms with van der Waals surface area (Å²) < 4.78 is 14.5. The molecule has 0 bridgehead atoms. The van der Waals surface area contributed by atoms with E-state index in [1.165, 1.54) is 0 Å². The maximum atomic E-state index is 14.0. The molecule has 1 heterocycles. The predicted octanol–water partition coefficient (Wildman–Crippen LogP) is 3.88. The largest absolute Gasteiger partial charge is 0.324 e. The molecular weight excluding hydrogens is 319 g/mol. The number of rotatable bonds is 3. The summed E-state index contributed by atoms with van der Waals surface area (Å²) in [4.78, 5) is 3.93. The molecule has 94 valence electrons. The van der Waals surface area contributed by atoms with Crippen LogP contribution in [-0.2, 0) is 6.42 Å². The van der Waals surface area contributed by atoms with Crippen molar-refractivity contribution in [1.29, 1.82) is 0 Å². The first kappa shape index (κ1) is 13.5. The van der Waals surface area contributed by atoms with Crippen molar-refractivity contribution in [3.63, 3.8) is 0 Å². The van der Waals surface area contributed by atoms with Crippen molar-refractivity contribution in [3.05, 3.63) is 63.1 Å². The van der Waals surface area contributed by atoms with Crippen molar-refractivity contribution in [1.82, 2.24) is 4.98 Å². The van der Waals surface area contributed by atoms with Gasteiger partial charge in [0.05, 0.1) is 5.02 Å². The third kappa shape index (κ3) is 2.88. The summed E-state index contributed by atoms with van der Waals surface area (Å²) in [5.74, 6) is -0.465. The first-order chi connectivity index (χ1) is 8.59. The molecule has 1 unspecified atom stereocenters. The van der Waals surface area contributed by atoms with E-state index in [-0.39, 0.29) is 5.02 Å². The summed E-state index contributed by atoms with van der Waals surface area (Å²) in [6.45, 7) is 0. The standard InChI is InChI=1S/C13H11BrClFN2/c14-10-2-1-9(13(16)12(10)15)11(17)7-8-3-5-18-6-4-8/h1-6,11H,7,17H2. The first-order valence-corrected chi connectivity index (χ1v) is 6.54. The second kappa shape index (κ2) is 5.78. The molecule has 0 aliphatic carbocycles. The average molecular weight is 330 g/mol. The molecule has 1 atom stereocenters. The lowest BCUT2D eigenvalue weighted by Gasteiger charge is -2.14. The number of hydrogen-bond donors (Lipinski definition) is 1. The third-order valence-corrected chi connectivity index (χ3v) is 3.93. The lowest BCUT2D eigenvalue weighted by atomic mass is 10.00. The number of aromatic nitrogens is 1. The summed E-state index contributed by atoms with van der Waals surface area (Å²) in [7, 11) is 0. The van der Waals surface area contributed by atoms with E-state index in [0.29, 0.717) is 16.5 Å². The minimum atomic E-state index is -0.465. The fraction of sp³-hybridized carbons (Fsp3) is 0.154. The highest BCUT2D eigenvalue weighted by Crippen LogP contribution is 2.30. The van der Waals surface area contributed by atoms with Crippen LogP contribution in [0.25, 0.3) is 0 Å². The maximum absolute atomic E-state index is 14.0. The number of benzene rings is 1. The van der Waals surface area contributed by atoms with Gasteiger partial charge in [0, 0.05) is 28.5 Å². The molecule has 2 rings (SSSR count). The Kier molecular flexibility index (Phi) is 4.32. The van der Waals surface area contributed by atoms with Crippen molar-refractivity contribution >= 4 is 27.5 Å². The van der Waals surface area contributed by atoms with Gasteiger partial charge in [0.15, 0.2) is 0 Å². The molecule has 0 radical (unpaired) electrons. The van der Waals surface area contributed by atoms with Gasteiger partial charge in [0.2, 0.25) is 0 Å². The molecule has 0 amide bonds. The molecule has 18 heavy (non-hydrogen) atoms. The molecule has 2 N–H and O–H groups in total. The summed E-state index contributed by atoms with van der Waals surface area (Å²) in [6.07, 6.45) is 3.91. The molecule has 0 aliphatic heterocycles. The molecule has 1 aromatic heterocycles. The van der Waals surface area contributed by atoms with E-state index in [2.05, 4.69) is 20.9 Å². The second-order valence-electron chi connectivity index (χ2n) is 3.93. The molecule has 1 aromatic carbocycles. The molecule has 0 saturated heterocycles. The minimum absolute atomic E-state index is 0.0673. The van der Waals surface area contributed by atoms with Gasteiger partial charge in [-0.1, -0.05) is 17.7 Å². The monoisotopic (exact) mass is 328 g/mol. The fourth-order valence-corrected chi connectivity index (χ4v) is 2.19. The van der Waals surface area contributed by atoms with Crippen LogP contribution < -0.4 is 5.73 Å². The molecule has 0 fully saturated rings.